The lowest BCUT2D eigenvalue weighted by Crippen LogP contribution is -2.51. The Morgan fingerprint density at radius 1 is 1.00 bits per heavy atom. The van der Waals surface area contributed by atoms with Crippen LogP contribution in [0.2, 0.25) is 5.15 Å². The number of carbonyl (C=O) groups excluding carboxylic acids is 2. The van der Waals surface area contributed by atoms with Gasteiger partial charge in [-0.25, -0.2) is 9.78 Å². The fourth-order valence-corrected chi connectivity index (χ4v) is 3.01. The molecule has 0 saturated carbocycles. The predicted octanol–water partition coefficient (Wildman–Crippen LogP) is 3.49. The van der Waals surface area contributed by atoms with Gasteiger partial charge in [0.2, 0.25) is 0 Å². The molecule has 1 aliphatic rings. The zero-order valence-corrected chi connectivity index (χ0v) is 16.9. The van der Waals surface area contributed by atoms with Gasteiger partial charge in [-0.05, 0) is 32.9 Å². The molecule has 0 bridgehead atoms. The summed E-state index contributed by atoms with van der Waals surface area (Å²) in [5, 5.41) is 0.320. The van der Waals surface area contributed by atoms with Gasteiger partial charge in [0.15, 0.2) is 0 Å². The van der Waals surface area contributed by atoms with Gasteiger partial charge in [-0.15, -0.1) is 0 Å². The van der Waals surface area contributed by atoms with Crippen LogP contribution in [0.3, 0.4) is 0 Å². The maximum absolute atomic E-state index is 12.7. The number of piperazine rings is 1. The smallest absolute Gasteiger partial charge is 0.410 e. The van der Waals surface area contributed by atoms with Crippen LogP contribution in [0.25, 0.3) is 11.3 Å². The van der Waals surface area contributed by atoms with Crippen molar-refractivity contribution < 1.29 is 14.3 Å². The topological polar surface area (TPSA) is 75.6 Å². The van der Waals surface area contributed by atoms with E-state index in [1.165, 1.54) is 6.20 Å². The average Bonchev–Trinajstić information content (AvgIpc) is 2.66. The molecule has 0 N–H and O–H groups in total. The number of carbonyl (C=O) groups is 2. The van der Waals surface area contributed by atoms with Crippen LogP contribution in [0.1, 0.15) is 31.1 Å². The third-order valence-electron chi connectivity index (χ3n) is 4.25. The number of hydrogen-bond acceptors (Lipinski definition) is 5. The Balaban J connectivity index is 1.60. The van der Waals surface area contributed by atoms with Crippen LogP contribution in [0, 0.1) is 0 Å². The van der Waals surface area contributed by atoms with Crippen molar-refractivity contribution in [3.8, 4) is 11.3 Å². The van der Waals surface area contributed by atoms with Crippen molar-refractivity contribution in [1.29, 1.82) is 0 Å². The minimum Gasteiger partial charge on any atom is -0.444 e. The van der Waals surface area contributed by atoms with Gasteiger partial charge in [-0.1, -0.05) is 23.7 Å². The summed E-state index contributed by atoms with van der Waals surface area (Å²) in [4.78, 5) is 36.5. The Kier molecular flexibility index (Phi) is 5.84. The summed E-state index contributed by atoms with van der Waals surface area (Å²) in [6.45, 7) is 7.36. The number of ether oxygens (including phenoxy) is 1. The molecule has 3 rings (SSSR count). The normalized spacial score (nSPS) is 14.7. The molecule has 7 nitrogen and oxygen atoms in total. The van der Waals surface area contributed by atoms with E-state index in [9.17, 15) is 9.59 Å². The largest absolute Gasteiger partial charge is 0.444 e. The van der Waals surface area contributed by atoms with Crippen LogP contribution >= 0.6 is 11.6 Å². The maximum Gasteiger partial charge on any atom is 0.410 e. The molecule has 2 aromatic rings. The van der Waals surface area contributed by atoms with E-state index < -0.39 is 5.60 Å². The number of aromatic nitrogens is 2. The second-order valence-corrected chi connectivity index (χ2v) is 7.95. The van der Waals surface area contributed by atoms with Crippen molar-refractivity contribution >= 4 is 23.6 Å². The first kappa shape index (κ1) is 20.1. The Hall–Kier alpha value is -2.67. The predicted molar refractivity (Wildman–Crippen MR) is 106 cm³/mol. The van der Waals surface area contributed by atoms with Gasteiger partial charge in [0.05, 0.1) is 18.1 Å². The summed E-state index contributed by atoms with van der Waals surface area (Å²) >= 11 is 5.88. The van der Waals surface area contributed by atoms with Gasteiger partial charge < -0.3 is 14.5 Å². The second kappa shape index (κ2) is 8.14. The van der Waals surface area contributed by atoms with E-state index >= 15 is 0 Å². The lowest BCUT2D eigenvalue weighted by molar-refractivity contribution is 0.0141. The number of benzene rings is 1. The second-order valence-electron chi connectivity index (χ2n) is 7.56. The van der Waals surface area contributed by atoms with E-state index in [2.05, 4.69) is 9.97 Å². The molecule has 0 unspecified atom stereocenters. The molecule has 1 aromatic carbocycles. The molecule has 0 aliphatic carbocycles. The Morgan fingerprint density at radius 3 is 2.18 bits per heavy atom. The van der Waals surface area contributed by atoms with Crippen molar-refractivity contribution in [3.05, 3.63) is 47.4 Å². The highest BCUT2D eigenvalue weighted by atomic mass is 35.5. The fraction of sp³-hybridized carbons (Fsp3) is 0.400. The van der Waals surface area contributed by atoms with E-state index in [0.29, 0.717) is 42.6 Å². The van der Waals surface area contributed by atoms with Crippen molar-refractivity contribution in [3.63, 3.8) is 0 Å². The highest BCUT2D eigenvalue weighted by Gasteiger charge is 2.28. The lowest BCUT2D eigenvalue weighted by Gasteiger charge is -2.35. The third-order valence-corrected chi connectivity index (χ3v) is 4.43. The number of halogens is 1. The minimum atomic E-state index is -0.529. The van der Waals surface area contributed by atoms with Crippen molar-refractivity contribution in [2.24, 2.45) is 0 Å². The van der Waals surface area contributed by atoms with Gasteiger partial charge in [-0.3, -0.25) is 9.78 Å². The zero-order valence-electron chi connectivity index (χ0n) is 16.2. The van der Waals surface area contributed by atoms with Gasteiger partial charge in [0, 0.05) is 37.3 Å². The first-order valence-electron chi connectivity index (χ1n) is 9.08. The summed E-state index contributed by atoms with van der Waals surface area (Å²) in [5.41, 5.74) is 1.54. The van der Waals surface area contributed by atoms with Crippen LogP contribution < -0.4 is 0 Å². The molecule has 0 radical (unpaired) electrons. The monoisotopic (exact) mass is 402 g/mol. The molecule has 28 heavy (non-hydrogen) atoms. The van der Waals surface area contributed by atoms with Gasteiger partial charge >= 0.3 is 6.09 Å². The first-order valence-corrected chi connectivity index (χ1v) is 9.46. The van der Waals surface area contributed by atoms with Gasteiger partial charge in [0.1, 0.15) is 10.8 Å². The van der Waals surface area contributed by atoms with Crippen molar-refractivity contribution in [2.45, 2.75) is 26.4 Å². The molecule has 1 saturated heterocycles. The highest BCUT2D eigenvalue weighted by Crippen LogP contribution is 2.20. The summed E-state index contributed by atoms with van der Waals surface area (Å²) in [6, 6.07) is 7.18. The molecular formula is C20H23ClN4O3. The number of hydrogen-bond donors (Lipinski definition) is 0. The van der Waals surface area contributed by atoms with E-state index in [0.717, 1.165) is 5.56 Å². The Bertz CT molecular complexity index is 856. The molecule has 1 fully saturated rings. The molecular weight excluding hydrogens is 380 g/mol. The van der Waals surface area contributed by atoms with Crippen LogP contribution in [-0.4, -0.2) is 63.5 Å². The molecule has 2 amide bonds. The molecule has 2 heterocycles. The third kappa shape index (κ3) is 4.98. The molecule has 1 aromatic heterocycles. The van der Waals surface area contributed by atoms with E-state index in [1.807, 2.05) is 32.9 Å². The summed E-state index contributed by atoms with van der Waals surface area (Å²) in [7, 11) is 0. The Morgan fingerprint density at radius 2 is 1.61 bits per heavy atom. The summed E-state index contributed by atoms with van der Waals surface area (Å²) in [5.74, 6) is -0.0624. The van der Waals surface area contributed by atoms with Crippen LogP contribution in [0.15, 0.2) is 36.7 Å². The van der Waals surface area contributed by atoms with Crippen molar-refractivity contribution in [1.82, 2.24) is 19.8 Å². The quantitative estimate of drug-likeness (QED) is 0.768. The van der Waals surface area contributed by atoms with E-state index in [4.69, 9.17) is 16.3 Å². The molecule has 8 heteroatoms. The SMILES string of the molecule is CC(C)(C)OC(=O)N1CCN(C(=O)c2ccc(-c3cncc(Cl)n3)cc2)CC1. The van der Waals surface area contributed by atoms with Crippen LogP contribution in [-0.2, 0) is 4.74 Å². The Labute approximate surface area is 169 Å². The fourth-order valence-electron chi connectivity index (χ4n) is 2.87. The first-order chi connectivity index (χ1) is 13.2. The summed E-state index contributed by atoms with van der Waals surface area (Å²) in [6.07, 6.45) is 2.75. The average molecular weight is 403 g/mol. The minimum absolute atomic E-state index is 0.0624. The highest BCUT2D eigenvalue weighted by molar-refractivity contribution is 6.29. The molecule has 148 valence electrons. The van der Waals surface area contributed by atoms with E-state index in [-0.39, 0.29) is 12.0 Å². The van der Waals surface area contributed by atoms with Crippen LogP contribution in [0.4, 0.5) is 4.79 Å². The standard InChI is InChI=1S/C20H23ClN4O3/c1-20(2,3)28-19(27)25-10-8-24(9-11-25)18(26)15-6-4-14(5-7-15)16-12-22-13-17(21)23-16/h4-7,12-13H,8-11H2,1-3H3. The van der Waals surface area contributed by atoms with Crippen LogP contribution in [0.5, 0.6) is 0 Å². The molecule has 0 spiro atoms. The number of rotatable bonds is 2. The summed E-state index contributed by atoms with van der Waals surface area (Å²) < 4.78 is 5.38. The van der Waals surface area contributed by atoms with Crippen molar-refractivity contribution in [2.75, 3.05) is 26.2 Å². The number of nitrogens with zero attached hydrogens (tertiary/aromatic N) is 4. The van der Waals surface area contributed by atoms with E-state index in [1.54, 1.807) is 28.1 Å². The number of amides is 2. The van der Waals surface area contributed by atoms with Gasteiger partial charge in [-0.2, -0.15) is 0 Å². The molecule has 0 atom stereocenters. The molecule has 1 aliphatic heterocycles. The lowest BCUT2D eigenvalue weighted by atomic mass is 10.1. The zero-order chi connectivity index (χ0) is 20.3. The maximum atomic E-state index is 12.7. The van der Waals surface area contributed by atoms with Gasteiger partial charge in [0.25, 0.3) is 5.91 Å².